The van der Waals surface area contributed by atoms with Crippen LogP contribution >= 0.6 is 0 Å². The molecule has 2 rings (SSSR count). The maximum absolute atomic E-state index is 12.0. The molecule has 5 nitrogen and oxygen atoms in total. The summed E-state index contributed by atoms with van der Waals surface area (Å²) in [7, 11) is 1.95. The number of rotatable bonds is 7. The molecule has 130 valence electrons. The molecule has 0 bridgehead atoms. The van der Waals surface area contributed by atoms with Crippen LogP contribution in [0.4, 0.5) is 0 Å². The van der Waals surface area contributed by atoms with Crippen LogP contribution in [0.3, 0.4) is 0 Å². The molecule has 2 heterocycles. The van der Waals surface area contributed by atoms with E-state index < -0.39 is 0 Å². The standard InChI is InChI=1S/C18H32N4O/c1-15-17(16(2)21(3)20-15)9-10-18(23)19-11-8-14-22-12-6-4-5-7-13-22/h4-14H2,1-3H3,(H,19,23). The van der Waals surface area contributed by atoms with Gasteiger partial charge in [0.15, 0.2) is 0 Å². The second kappa shape index (κ2) is 9.06. The first-order chi connectivity index (χ1) is 11.1. The second-order valence-electron chi connectivity index (χ2n) is 6.73. The first kappa shape index (κ1) is 18.0. The van der Waals surface area contributed by atoms with Crippen LogP contribution in [0, 0.1) is 13.8 Å². The number of carbonyl (C=O) groups is 1. The molecule has 1 N–H and O–H groups in total. The molecular formula is C18H32N4O. The molecule has 1 amide bonds. The lowest BCUT2D eigenvalue weighted by molar-refractivity contribution is -0.121. The number of likely N-dealkylation sites (tertiary alicyclic amines) is 1. The lowest BCUT2D eigenvalue weighted by Gasteiger charge is -2.19. The highest BCUT2D eigenvalue weighted by atomic mass is 16.1. The average Bonchev–Trinajstić information content (AvgIpc) is 2.73. The van der Waals surface area contributed by atoms with Crippen molar-refractivity contribution in [3.8, 4) is 0 Å². The van der Waals surface area contributed by atoms with E-state index in [1.165, 1.54) is 44.3 Å². The fourth-order valence-corrected chi connectivity index (χ4v) is 3.40. The predicted molar refractivity (Wildman–Crippen MR) is 93.5 cm³/mol. The Morgan fingerprint density at radius 2 is 1.87 bits per heavy atom. The molecule has 0 spiro atoms. The highest BCUT2D eigenvalue weighted by molar-refractivity contribution is 5.76. The Hall–Kier alpha value is -1.36. The molecule has 0 aliphatic carbocycles. The summed E-state index contributed by atoms with van der Waals surface area (Å²) < 4.78 is 1.89. The summed E-state index contributed by atoms with van der Waals surface area (Å²) in [5.41, 5.74) is 3.42. The molecule has 0 atom stereocenters. The van der Waals surface area contributed by atoms with Crippen LogP contribution < -0.4 is 5.32 Å². The van der Waals surface area contributed by atoms with E-state index in [0.29, 0.717) is 6.42 Å². The van der Waals surface area contributed by atoms with Crippen molar-refractivity contribution in [1.82, 2.24) is 20.0 Å². The number of amides is 1. The largest absolute Gasteiger partial charge is 0.356 e. The fraction of sp³-hybridized carbons (Fsp3) is 0.778. The van der Waals surface area contributed by atoms with Gasteiger partial charge in [-0.1, -0.05) is 12.8 Å². The molecule has 23 heavy (non-hydrogen) atoms. The molecule has 0 aromatic carbocycles. The van der Waals surface area contributed by atoms with Crippen LogP contribution in [0.5, 0.6) is 0 Å². The van der Waals surface area contributed by atoms with E-state index in [0.717, 1.165) is 37.3 Å². The maximum atomic E-state index is 12.0. The Kier molecular flexibility index (Phi) is 7.09. The van der Waals surface area contributed by atoms with Gasteiger partial charge in [-0.2, -0.15) is 5.10 Å². The summed E-state index contributed by atoms with van der Waals surface area (Å²) in [6.45, 7) is 8.44. The zero-order valence-electron chi connectivity index (χ0n) is 15.0. The second-order valence-corrected chi connectivity index (χ2v) is 6.73. The number of hydrogen-bond acceptors (Lipinski definition) is 3. The number of aryl methyl sites for hydroxylation is 2. The van der Waals surface area contributed by atoms with E-state index in [1.807, 2.05) is 18.7 Å². The van der Waals surface area contributed by atoms with Crippen molar-refractivity contribution >= 4 is 5.91 Å². The minimum Gasteiger partial charge on any atom is -0.356 e. The molecular weight excluding hydrogens is 288 g/mol. The van der Waals surface area contributed by atoms with Crippen molar-refractivity contribution < 1.29 is 4.79 Å². The van der Waals surface area contributed by atoms with Gasteiger partial charge in [-0.15, -0.1) is 0 Å². The molecule has 1 aromatic rings. The quantitative estimate of drug-likeness (QED) is 0.785. The molecule has 1 fully saturated rings. The van der Waals surface area contributed by atoms with Gasteiger partial charge in [-0.25, -0.2) is 0 Å². The van der Waals surface area contributed by atoms with E-state index in [4.69, 9.17) is 0 Å². The summed E-state index contributed by atoms with van der Waals surface area (Å²) in [5.74, 6) is 0.156. The lowest BCUT2D eigenvalue weighted by atomic mass is 10.1. The van der Waals surface area contributed by atoms with Gasteiger partial charge < -0.3 is 10.2 Å². The Labute approximate surface area is 140 Å². The molecule has 0 radical (unpaired) electrons. The minimum atomic E-state index is 0.156. The van der Waals surface area contributed by atoms with Crippen molar-refractivity contribution in [2.24, 2.45) is 7.05 Å². The highest BCUT2D eigenvalue weighted by Gasteiger charge is 2.12. The Balaban J connectivity index is 1.61. The highest BCUT2D eigenvalue weighted by Crippen LogP contribution is 2.14. The van der Waals surface area contributed by atoms with E-state index in [9.17, 15) is 4.79 Å². The van der Waals surface area contributed by atoms with Crippen LogP contribution in [0.1, 0.15) is 55.5 Å². The fourth-order valence-electron chi connectivity index (χ4n) is 3.40. The van der Waals surface area contributed by atoms with Crippen LogP contribution in [0.15, 0.2) is 0 Å². The third-order valence-corrected chi connectivity index (χ3v) is 4.93. The van der Waals surface area contributed by atoms with Gasteiger partial charge >= 0.3 is 0 Å². The van der Waals surface area contributed by atoms with Crippen LogP contribution in [0.25, 0.3) is 0 Å². The molecule has 1 aromatic heterocycles. The SMILES string of the molecule is Cc1nn(C)c(C)c1CCC(=O)NCCCN1CCCCCC1. The zero-order valence-corrected chi connectivity index (χ0v) is 15.0. The molecule has 0 unspecified atom stereocenters. The van der Waals surface area contributed by atoms with Gasteiger partial charge in [0.1, 0.15) is 0 Å². The third kappa shape index (κ3) is 5.65. The van der Waals surface area contributed by atoms with Crippen molar-refractivity contribution in [3.05, 3.63) is 17.0 Å². The van der Waals surface area contributed by atoms with E-state index in [2.05, 4.69) is 22.2 Å². The monoisotopic (exact) mass is 320 g/mol. The van der Waals surface area contributed by atoms with Crippen molar-refractivity contribution in [1.29, 1.82) is 0 Å². The summed E-state index contributed by atoms with van der Waals surface area (Å²) in [4.78, 5) is 14.5. The predicted octanol–water partition coefficient (Wildman–Crippen LogP) is 2.35. The summed E-state index contributed by atoms with van der Waals surface area (Å²) >= 11 is 0. The van der Waals surface area contributed by atoms with E-state index in [-0.39, 0.29) is 5.91 Å². The molecule has 5 heteroatoms. The van der Waals surface area contributed by atoms with E-state index >= 15 is 0 Å². The van der Waals surface area contributed by atoms with Crippen LogP contribution in [-0.4, -0.2) is 46.8 Å². The van der Waals surface area contributed by atoms with Crippen molar-refractivity contribution in [2.75, 3.05) is 26.2 Å². The summed E-state index contributed by atoms with van der Waals surface area (Å²) in [6, 6.07) is 0. The van der Waals surface area contributed by atoms with Gasteiger partial charge in [0, 0.05) is 25.7 Å². The van der Waals surface area contributed by atoms with Gasteiger partial charge in [-0.05, 0) is 64.7 Å². The zero-order chi connectivity index (χ0) is 16.7. The first-order valence-corrected chi connectivity index (χ1v) is 9.06. The van der Waals surface area contributed by atoms with E-state index in [1.54, 1.807) is 0 Å². The third-order valence-electron chi connectivity index (χ3n) is 4.93. The van der Waals surface area contributed by atoms with Gasteiger partial charge in [0.25, 0.3) is 0 Å². The van der Waals surface area contributed by atoms with Crippen LogP contribution in [0.2, 0.25) is 0 Å². The summed E-state index contributed by atoms with van der Waals surface area (Å²) in [6.07, 6.45) is 7.80. The average molecular weight is 320 g/mol. The molecule has 1 aliphatic heterocycles. The number of nitrogens with zero attached hydrogens (tertiary/aromatic N) is 3. The van der Waals surface area contributed by atoms with Gasteiger partial charge in [0.05, 0.1) is 5.69 Å². The molecule has 1 aliphatic rings. The first-order valence-electron chi connectivity index (χ1n) is 9.06. The van der Waals surface area contributed by atoms with Crippen LogP contribution in [-0.2, 0) is 18.3 Å². The lowest BCUT2D eigenvalue weighted by Crippen LogP contribution is -2.30. The number of hydrogen-bond donors (Lipinski definition) is 1. The molecule has 1 saturated heterocycles. The minimum absolute atomic E-state index is 0.156. The maximum Gasteiger partial charge on any atom is 0.220 e. The summed E-state index contributed by atoms with van der Waals surface area (Å²) in [5, 5.41) is 7.46. The number of aromatic nitrogens is 2. The number of nitrogens with one attached hydrogen (secondary N) is 1. The smallest absolute Gasteiger partial charge is 0.220 e. The Morgan fingerprint density at radius 3 is 2.48 bits per heavy atom. The van der Waals surface area contributed by atoms with Crippen molar-refractivity contribution in [3.63, 3.8) is 0 Å². The number of carbonyl (C=O) groups excluding carboxylic acids is 1. The van der Waals surface area contributed by atoms with Gasteiger partial charge in [0.2, 0.25) is 5.91 Å². The normalized spacial score (nSPS) is 16.3. The topological polar surface area (TPSA) is 50.2 Å². The van der Waals surface area contributed by atoms with Gasteiger partial charge in [-0.3, -0.25) is 9.48 Å². The Morgan fingerprint density at radius 1 is 1.17 bits per heavy atom. The molecule has 0 saturated carbocycles. The van der Waals surface area contributed by atoms with Crippen molar-refractivity contribution in [2.45, 2.75) is 58.8 Å². The Bertz CT molecular complexity index is 501.